The quantitative estimate of drug-likeness (QED) is 0.165. The Morgan fingerprint density at radius 1 is 1.12 bits per heavy atom. The third-order valence-electron chi connectivity index (χ3n) is 6.02. The van der Waals surface area contributed by atoms with Crippen molar-refractivity contribution < 1.29 is 38.3 Å². The number of rotatable bonds is 5. The number of hydrogen-bond donors (Lipinski definition) is 0. The second-order valence-electron chi connectivity index (χ2n) is 8.04. The van der Waals surface area contributed by atoms with Crippen LogP contribution in [0.1, 0.15) is 25.0 Å². The van der Waals surface area contributed by atoms with Gasteiger partial charge in [-0.1, -0.05) is 6.08 Å². The van der Waals surface area contributed by atoms with Crippen LogP contribution in [0.3, 0.4) is 0 Å². The molecule has 4 unspecified atom stereocenters. The number of aryl methyl sites for hydroxylation is 2. The monoisotopic (exact) mass is 444 g/mol. The number of amides is 2. The number of nitrogens with zero attached hydrogens (tertiary/aromatic N) is 2. The van der Waals surface area contributed by atoms with Gasteiger partial charge in [0.05, 0.1) is 22.9 Å². The van der Waals surface area contributed by atoms with Crippen LogP contribution >= 0.6 is 0 Å². The lowest BCUT2D eigenvalue weighted by Gasteiger charge is -2.34. The minimum Gasteiger partial charge on any atom is -0.422 e. The molecule has 1 aromatic carbocycles. The summed E-state index contributed by atoms with van der Waals surface area (Å²) in [5.74, 6) is -5.22. The Labute approximate surface area is 182 Å². The number of nitro groups is 1. The molecule has 168 valence electrons. The first-order valence-electron chi connectivity index (χ1n) is 9.83. The minimum atomic E-state index is -1.72. The normalized spacial score (nSPS) is 27.8. The van der Waals surface area contributed by atoms with E-state index in [2.05, 4.69) is 0 Å². The number of nitro benzene ring substituents is 1. The molecule has 0 spiro atoms. The maximum Gasteiger partial charge on any atom is 0.305 e. The van der Waals surface area contributed by atoms with E-state index in [1.165, 1.54) is 24.3 Å². The molecule has 2 saturated heterocycles. The Kier molecular flexibility index (Phi) is 4.88. The van der Waals surface area contributed by atoms with Crippen LogP contribution in [0.4, 0.5) is 11.4 Å². The van der Waals surface area contributed by atoms with Gasteiger partial charge in [0.2, 0.25) is 11.8 Å². The number of imide groups is 1. The fraction of sp³-hybridized carbons (Fsp3) is 0.429. The van der Waals surface area contributed by atoms with E-state index >= 15 is 0 Å². The van der Waals surface area contributed by atoms with Crippen LogP contribution in [0, 0.1) is 35.8 Å². The number of ether oxygens (including phenoxy) is 3. The lowest BCUT2D eigenvalue weighted by molar-refractivity contribution is -0.384. The molecular formula is C21H20N2O9. The molecule has 0 saturated carbocycles. The van der Waals surface area contributed by atoms with Crippen molar-refractivity contribution in [1.82, 2.24) is 0 Å². The van der Waals surface area contributed by atoms with Gasteiger partial charge in [-0.25, -0.2) is 4.90 Å². The Bertz CT molecular complexity index is 1090. The fourth-order valence-corrected chi connectivity index (χ4v) is 4.57. The van der Waals surface area contributed by atoms with E-state index < -0.39 is 58.5 Å². The third kappa shape index (κ3) is 3.00. The zero-order valence-electron chi connectivity index (χ0n) is 17.7. The second kappa shape index (κ2) is 7.23. The van der Waals surface area contributed by atoms with Gasteiger partial charge in [-0.05, 0) is 37.1 Å². The number of esters is 2. The Morgan fingerprint density at radius 3 is 2.28 bits per heavy atom. The summed E-state index contributed by atoms with van der Waals surface area (Å²) in [6.45, 7) is 5.59. The highest BCUT2D eigenvalue weighted by molar-refractivity contribution is 6.24. The molecule has 11 nitrogen and oxygen atoms in total. The van der Waals surface area contributed by atoms with Crippen LogP contribution in [-0.4, -0.2) is 46.7 Å². The molecule has 1 aromatic rings. The van der Waals surface area contributed by atoms with Crippen molar-refractivity contribution in [1.29, 1.82) is 0 Å². The van der Waals surface area contributed by atoms with Crippen molar-refractivity contribution in [3.05, 3.63) is 45.5 Å². The number of benzene rings is 1. The predicted molar refractivity (Wildman–Crippen MR) is 106 cm³/mol. The van der Waals surface area contributed by atoms with E-state index in [4.69, 9.17) is 14.2 Å². The molecule has 0 N–H and O–H groups in total. The van der Waals surface area contributed by atoms with Crippen molar-refractivity contribution in [3.63, 3.8) is 0 Å². The molecular weight excluding hydrogens is 424 g/mol. The highest BCUT2D eigenvalue weighted by Gasteiger charge is 2.72. The zero-order valence-corrected chi connectivity index (χ0v) is 17.7. The average molecular weight is 444 g/mol. The van der Waals surface area contributed by atoms with Crippen molar-refractivity contribution >= 4 is 35.1 Å². The molecule has 4 rings (SSSR count). The Morgan fingerprint density at radius 2 is 1.72 bits per heavy atom. The molecule has 3 heterocycles. The van der Waals surface area contributed by atoms with E-state index in [1.807, 2.05) is 0 Å². The van der Waals surface area contributed by atoms with Crippen LogP contribution in [0.15, 0.2) is 24.3 Å². The summed E-state index contributed by atoms with van der Waals surface area (Å²) in [5, 5.41) is 11.7. The first kappa shape index (κ1) is 21.6. The molecule has 32 heavy (non-hydrogen) atoms. The molecule has 3 aliphatic heterocycles. The largest absolute Gasteiger partial charge is 0.422 e. The van der Waals surface area contributed by atoms with Crippen LogP contribution in [0.5, 0.6) is 0 Å². The van der Waals surface area contributed by atoms with E-state index in [-0.39, 0.29) is 11.4 Å². The van der Waals surface area contributed by atoms with E-state index in [0.717, 1.165) is 18.7 Å². The van der Waals surface area contributed by atoms with Crippen LogP contribution in [0.25, 0.3) is 0 Å². The average Bonchev–Trinajstić information content (AvgIpc) is 3.33. The van der Waals surface area contributed by atoms with Crippen molar-refractivity contribution in [2.24, 2.45) is 11.8 Å². The van der Waals surface area contributed by atoms with Gasteiger partial charge in [0, 0.05) is 19.9 Å². The standard InChI is InChI=1S/C21H20N2O9/c1-9-7-13(14(23(28)29)8-10(9)2)22-18(26)16-15-5-6-21(32-15,17(16)19(22)27)20(30-11(3)24)31-12(4)25/h5-8,15-17,20H,1-4H3. The van der Waals surface area contributed by atoms with Crippen LogP contribution in [-0.2, 0) is 33.4 Å². The SMILES string of the molecule is CC(=O)OC(OC(C)=O)C12C=CC(O1)C1C(=O)N(c3cc(C)c(C)cc3[N+](=O)[O-])C(=O)C12. The molecule has 0 radical (unpaired) electrons. The van der Waals surface area contributed by atoms with Gasteiger partial charge in [-0.2, -0.15) is 0 Å². The summed E-state index contributed by atoms with van der Waals surface area (Å²) in [4.78, 5) is 61.9. The lowest BCUT2D eigenvalue weighted by Crippen LogP contribution is -2.52. The highest BCUT2D eigenvalue weighted by Crippen LogP contribution is 2.55. The summed E-state index contributed by atoms with van der Waals surface area (Å²) in [6, 6.07) is 2.72. The number of anilines is 1. The number of hydrogen-bond acceptors (Lipinski definition) is 9. The fourth-order valence-electron chi connectivity index (χ4n) is 4.57. The second-order valence-corrected chi connectivity index (χ2v) is 8.04. The summed E-state index contributed by atoms with van der Waals surface area (Å²) >= 11 is 0. The summed E-state index contributed by atoms with van der Waals surface area (Å²) in [7, 11) is 0. The maximum atomic E-state index is 13.5. The first-order valence-corrected chi connectivity index (χ1v) is 9.83. The zero-order chi connectivity index (χ0) is 23.5. The van der Waals surface area contributed by atoms with Gasteiger partial charge < -0.3 is 14.2 Å². The number of carbonyl (C=O) groups is 4. The molecule has 2 amide bonds. The van der Waals surface area contributed by atoms with Gasteiger partial charge in [-0.15, -0.1) is 0 Å². The molecule has 3 aliphatic rings. The topological polar surface area (TPSA) is 142 Å². The molecule has 2 fully saturated rings. The highest BCUT2D eigenvalue weighted by atomic mass is 16.7. The molecule has 0 aliphatic carbocycles. The van der Waals surface area contributed by atoms with Crippen LogP contribution in [0.2, 0.25) is 0 Å². The van der Waals surface area contributed by atoms with Gasteiger partial charge in [-0.3, -0.25) is 29.3 Å². The summed E-state index contributed by atoms with van der Waals surface area (Å²) in [5.41, 5.74) is -0.961. The number of carbonyl (C=O) groups excluding carboxylic acids is 4. The van der Waals surface area contributed by atoms with Gasteiger partial charge in [0.1, 0.15) is 5.69 Å². The van der Waals surface area contributed by atoms with E-state index in [1.54, 1.807) is 13.8 Å². The molecule has 0 aromatic heterocycles. The summed E-state index contributed by atoms with van der Waals surface area (Å²) < 4.78 is 16.2. The molecule has 11 heteroatoms. The van der Waals surface area contributed by atoms with E-state index in [9.17, 15) is 29.3 Å². The molecule has 4 atom stereocenters. The first-order chi connectivity index (χ1) is 15.0. The van der Waals surface area contributed by atoms with E-state index in [0.29, 0.717) is 11.1 Å². The predicted octanol–water partition coefficient (Wildman–Crippen LogP) is 1.48. The minimum absolute atomic E-state index is 0.145. The van der Waals surface area contributed by atoms with Gasteiger partial charge >= 0.3 is 11.9 Å². The number of fused-ring (bicyclic) bond motifs is 5. The lowest BCUT2D eigenvalue weighted by atomic mass is 9.76. The van der Waals surface area contributed by atoms with Gasteiger partial charge in [0.25, 0.3) is 12.0 Å². The smallest absolute Gasteiger partial charge is 0.305 e. The van der Waals surface area contributed by atoms with Crippen molar-refractivity contribution in [3.8, 4) is 0 Å². The van der Waals surface area contributed by atoms with Crippen LogP contribution < -0.4 is 4.90 Å². The third-order valence-corrected chi connectivity index (χ3v) is 6.02. The Hall–Kier alpha value is -3.60. The summed E-state index contributed by atoms with van der Waals surface area (Å²) in [6.07, 6.45) is 0.518. The van der Waals surface area contributed by atoms with Crippen molar-refractivity contribution in [2.45, 2.75) is 45.7 Å². The Balaban J connectivity index is 1.81. The molecule has 2 bridgehead atoms. The maximum absolute atomic E-state index is 13.5. The van der Waals surface area contributed by atoms with Crippen molar-refractivity contribution in [2.75, 3.05) is 4.90 Å². The van der Waals surface area contributed by atoms with Gasteiger partial charge in [0.15, 0.2) is 5.60 Å².